The SMILES string of the molecule is CC1CCCC(C(C#N)Nc2ccc(Cl)c(Br)c2)C1. The molecule has 0 aliphatic heterocycles. The largest absolute Gasteiger partial charge is 0.370 e. The minimum Gasteiger partial charge on any atom is -0.370 e. The highest BCUT2D eigenvalue weighted by Crippen LogP contribution is 2.32. The zero-order chi connectivity index (χ0) is 13.8. The quantitative estimate of drug-likeness (QED) is 0.816. The van der Waals surface area contributed by atoms with Crippen LogP contribution in [0, 0.1) is 23.2 Å². The van der Waals surface area contributed by atoms with Crippen molar-refractivity contribution in [3.63, 3.8) is 0 Å². The maximum absolute atomic E-state index is 9.40. The van der Waals surface area contributed by atoms with Crippen molar-refractivity contribution in [2.24, 2.45) is 11.8 Å². The third-order valence-corrected chi connectivity index (χ3v) is 5.04. The average Bonchev–Trinajstić information content (AvgIpc) is 2.40. The number of nitrogens with zero attached hydrogens (tertiary/aromatic N) is 1. The molecule has 1 saturated carbocycles. The molecule has 1 N–H and O–H groups in total. The van der Waals surface area contributed by atoms with Crippen molar-refractivity contribution in [1.29, 1.82) is 5.26 Å². The Bertz CT molecular complexity index is 484. The molecule has 4 heteroatoms. The number of nitrogens with one attached hydrogen (secondary N) is 1. The molecule has 0 bridgehead atoms. The highest BCUT2D eigenvalue weighted by Gasteiger charge is 2.26. The van der Waals surface area contributed by atoms with Crippen LogP contribution in [0.15, 0.2) is 22.7 Å². The number of anilines is 1. The lowest BCUT2D eigenvalue weighted by Gasteiger charge is -2.30. The lowest BCUT2D eigenvalue weighted by Crippen LogP contribution is -2.31. The lowest BCUT2D eigenvalue weighted by molar-refractivity contribution is 0.274. The Morgan fingerprint density at radius 1 is 1.47 bits per heavy atom. The van der Waals surface area contributed by atoms with Crippen molar-refractivity contribution >= 4 is 33.2 Å². The van der Waals surface area contributed by atoms with Crippen molar-refractivity contribution in [2.45, 2.75) is 38.6 Å². The summed E-state index contributed by atoms with van der Waals surface area (Å²) in [5, 5.41) is 13.4. The molecule has 1 aliphatic rings. The molecular weight excluding hydrogens is 324 g/mol. The fourth-order valence-corrected chi connectivity index (χ4v) is 3.30. The first-order valence-electron chi connectivity index (χ1n) is 6.71. The summed E-state index contributed by atoms with van der Waals surface area (Å²) in [6.45, 7) is 2.28. The summed E-state index contributed by atoms with van der Waals surface area (Å²) in [5.41, 5.74) is 0.945. The van der Waals surface area contributed by atoms with Crippen LogP contribution in [0.3, 0.4) is 0 Å². The number of rotatable bonds is 3. The molecule has 19 heavy (non-hydrogen) atoms. The second kappa shape index (κ2) is 6.63. The Kier molecular flexibility index (Phi) is 5.13. The van der Waals surface area contributed by atoms with Gasteiger partial charge in [-0.1, -0.05) is 31.4 Å². The van der Waals surface area contributed by atoms with Gasteiger partial charge in [-0.3, -0.25) is 0 Å². The van der Waals surface area contributed by atoms with E-state index in [2.05, 4.69) is 34.2 Å². The predicted octanol–water partition coefficient (Wildman–Crippen LogP) is 5.23. The molecule has 1 aromatic carbocycles. The molecule has 0 radical (unpaired) electrons. The van der Waals surface area contributed by atoms with Crippen molar-refractivity contribution < 1.29 is 0 Å². The smallest absolute Gasteiger partial charge is 0.117 e. The second-order valence-electron chi connectivity index (χ2n) is 5.41. The van der Waals surface area contributed by atoms with Crippen LogP contribution in [0.1, 0.15) is 32.6 Å². The maximum Gasteiger partial charge on any atom is 0.117 e. The van der Waals surface area contributed by atoms with E-state index in [-0.39, 0.29) is 6.04 Å². The van der Waals surface area contributed by atoms with Crippen LogP contribution in [0.5, 0.6) is 0 Å². The average molecular weight is 342 g/mol. The molecule has 3 unspecified atom stereocenters. The maximum atomic E-state index is 9.40. The predicted molar refractivity (Wildman–Crippen MR) is 83.3 cm³/mol. The first kappa shape index (κ1) is 14.7. The van der Waals surface area contributed by atoms with Gasteiger partial charge in [0.1, 0.15) is 6.04 Å². The molecular formula is C15H18BrClN2. The van der Waals surface area contributed by atoms with E-state index in [0.29, 0.717) is 10.9 Å². The summed E-state index contributed by atoms with van der Waals surface area (Å²) in [5.74, 6) is 1.18. The van der Waals surface area contributed by atoms with E-state index in [1.165, 1.54) is 12.8 Å². The Balaban J connectivity index is 2.06. The van der Waals surface area contributed by atoms with Crippen molar-refractivity contribution in [3.05, 3.63) is 27.7 Å². The van der Waals surface area contributed by atoms with Crippen LogP contribution in [0.25, 0.3) is 0 Å². The second-order valence-corrected chi connectivity index (χ2v) is 6.67. The Morgan fingerprint density at radius 3 is 2.89 bits per heavy atom. The van der Waals surface area contributed by atoms with Gasteiger partial charge in [-0.15, -0.1) is 0 Å². The standard InChI is InChI=1S/C15H18BrClN2/c1-10-3-2-4-11(7-10)15(9-18)19-12-5-6-14(17)13(16)8-12/h5-6,8,10-11,15,19H,2-4,7H2,1H3. The first-order chi connectivity index (χ1) is 9.10. The van der Waals surface area contributed by atoms with E-state index in [4.69, 9.17) is 11.6 Å². The molecule has 0 amide bonds. The third-order valence-electron chi connectivity index (χ3n) is 3.83. The van der Waals surface area contributed by atoms with Gasteiger partial charge in [0.05, 0.1) is 11.1 Å². The van der Waals surface area contributed by atoms with Crippen molar-refractivity contribution in [2.75, 3.05) is 5.32 Å². The van der Waals surface area contributed by atoms with Gasteiger partial charge < -0.3 is 5.32 Å². The monoisotopic (exact) mass is 340 g/mol. The van der Waals surface area contributed by atoms with Gasteiger partial charge in [0.2, 0.25) is 0 Å². The van der Waals surface area contributed by atoms with Gasteiger partial charge in [-0.05, 0) is 58.8 Å². The highest BCUT2D eigenvalue weighted by atomic mass is 79.9. The van der Waals surface area contributed by atoms with E-state index < -0.39 is 0 Å². The van der Waals surface area contributed by atoms with Crippen LogP contribution in [0.4, 0.5) is 5.69 Å². The third kappa shape index (κ3) is 3.87. The van der Waals surface area contributed by atoms with Gasteiger partial charge in [0, 0.05) is 10.2 Å². The van der Waals surface area contributed by atoms with E-state index >= 15 is 0 Å². The molecule has 0 saturated heterocycles. The molecule has 0 heterocycles. The van der Waals surface area contributed by atoms with Crippen molar-refractivity contribution in [3.8, 4) is 6.07 Å². The Hall–Kier alpha value is -0.720. The molecule has 0 spiro atoms. The fraction of sp³-hybridized carbons (Fsp3) is 0.533. The summed E-state index contributed by atoms with van der Waals surface area (Å²) in [7, 11) is 0. The Labute approximate surface area is 128 Å². The Morgan fingerprint density at radius 2 is 2.26 bits per heavy atom. The minimum absolute atomic E-state index is 0.115. The van der Waals surface area contributed by atoms with Gasteiger partial charge in [-0.25, -0.2) is 0 Å². The minimum atomic E-state index is -0.115. The lowest BCUT2D eigenvalue weighted by atomic mass is 9.79. The van der Waals surface area contributed by atoms with Gasteiger partial charge in [0.15, 0.2) is 0 Å². The van der Waals surface area contributed by atoms with Crippen LogP contribution < -0.4 is 5.32 Å². The van der Waals surface area contributed by atoms with Crippen molar-refractivity contribution in [1.82, 2.24) is 0 Å². The molecule has 102 valence electrons. The molecule has 2 nitrogen and oxygen atoms in total. The number of hydrogen-bond donors (Lipinski definition) is 1. The highest BCUT2D eigenvalue weighted by molar-refractivity contribution is 9.10. The molecule has 2 rings (SSSR count). The van der Waals surface area contributed by atoms with Gasteiger partial charge in [-0.2, -0.15) is 5.26 Å². The zero-order valence-electron chi connectivity index (χ0n) is 11.0. The van der Waals surface area contributed by atoms with Crippen LogP contribution in [0.2, 0.25) is 5.02 Å². The van der Waals surface area contributed by atoms with E-state index in [1.54, 1.807) is 0 Å². The number of benzene rings is 1. The number of nitriles is 1. The molecule has 1 aliphatic carbocycles. The summed E-state index contributed by atoms with van der Waals surface area (Å²) in [4.78, 5) is 0. The molecule has 3 atom stereocenters. The van der Waals surface area contributed by atoms with Crippen LogP contribution in [-0.4, -0.2) is 6.04 Å². The molecule has 1 aromatic rings. The summed E-state index contributed by atoms with van der Waals surface area (Å²) < 4.78 is 0.855. The first-order valence-corrected chi connectivity index (χ1v) is 7.88. The topological polar surface area (TPSA) is 35.8 Å². The summed E-state index contributed by atoms with van der Waals surface area (Å²) in [6, 6.07) is 7.99. The number of halogens is 2. The number of hydrogen-bond acceptors (Lipinski definition) is 2. The normalized spacial score (nSPS) is 24.5. The summed E-state index contributed by atoms with van der Waals surface area (Å²) in [6.07, 6.45) is 4.81. The van der Waals surface area contributed by atoms with E-state index in [9.17, 15) is 5.26 Å². The van der Waals surface area contributed by atoms with Gasteiger partial charge in [0.25, 0.3) is 0 Å². The zero-order valence-corrected chi connectivity index (χ0v) is 13.3. The van der Waals surface area contributed by atoms with Crippen LogP contribution in [-0.2, 0) is 0 Å². The fourth-order valence-electron chi connectivity index (χ4n) is 2.80. The van der Waals surface area contributed by atoms with Crippen LogP contribution >= 0.6 is 27.5 Å². The van der Waals surface area contributed by atoms with Gasteiger partial charge >= 0.3 is 0 Å². The summed E-state index contributed by atoms with van der Waals surface area (Å²) >= 11 is 9.39. The van der Waals surface area contributed by atoms with E-state index in [1.807, 2.05) is 18.2 Å². The van der Waals surface area contributed by atoms with E-state index in [0.717, 1.165) is 28.9 Å². The molecule has 0 aromatic heterocycles. The molecule has 1 fully saturated rings.